The fraction of sp³-hybridized carbons (Fsp3) is 0.623. The maximum absolute atomic E-state index is 13.6. The molecule has 0 saturated heterocycles. The van der Waals surface area contributed by atoms with Crippen molar-refractivity contribution in [3.8, 4) is 0 Å². The molecule has 5 atom stereocenters. The van der Waals surface area contributed by atoms with Crippen LogP contribution in [0.1, 0.15) is 131 Å². The average molecular weight is 1180 g/mol. The number of carboxylic acid groups (broad SMARTS) is 5. The van der Waals surface area contributed by atoms with E-state index < -0.39 is 165 Å². The van der Waals surface area contributed by atoms with Gasteiger partial charge in [0.2, 0.25) is 47.3 Å². The Hall–Kier alpha value is -8.28. The molecular weight excluding hydrogens is 1100 g/mol. The van der Waals surface area contributed by atoms with Crippen molar-refractivity contribution in [2.75, 3.05) is 46.1 Å². The van der Waals surface area contributed by atoms with Crippen molar-refractivity contribution in [3.05, 3.63) is 35.4 Å². The van der Waals surface area contributed by atoms with Crippen molar-refractivity contribution in [3.63, 3.8) is 0 Å². The summed E-state index contributed by atoms with van der Waals surface area (Å²) < 4.78 is 10.7. The Morgan fingerprint density at radius 1 is 0.494 bits per heavy atom. The number of primary amides is 1. The zero-order valence-electron chi connectivity index (χ0n) is 46.4. The summed E-state index contributed by atoms with van der Waals surface area (Å²) in [5, 5.41) is 66.5. The van der Waals surface area contributed by atoms with E-state index in [-0.39, 0.29) is 69.8 Å². The summed E-state index contributed by atoms with van der Waals surface area (Å²) in [6, 6.07) is -0.512. The van der Waals surface area contributed by atoms with Gasteiger partial charge in [-0.15, -0.1) is 0 Å². The third-order valence-electron chi connectivity index (χ3n) is 13.1. The van der Waals surface area contributed by atoms with Gasteiger partial charge in [0.25, 0.3) is 5.91 Å². The van der Waals surface area contributed by atoms with E-state index in [1.54, 1.807) is 12.1 Å². The molecule has 1 aliphatic rings. The number of carbonyl (C=O) groups is 14. The molecule has 2 rings (SSSR count). The summed E-state index contributed by atoms with van der Waals surface area (Å²) in [6.45, 7) is 1.59. The molecule has 1 aliphatic carbocycles. The summed E-state index contributed by atoms with van der Waals surface area (Å²) in [4.78, 5) is 173. The van der Waals surface area contributed by atoms with E-state index in [1.807, 2.05) is 19.1 Å². The quantitative estimate of drug-likeness (QED) is 0.0334. The molecule has 15 N–H and O–H groups in total. The summed E-state index contributed by atoms with van der Waals surface area (Å²) in [7, 11) is 0. The van der Waals surface area contributed by atoms with Gasteiger partial charge in [-0.1, -0.05) is 17.7 Å². The van der Waals surface area contributed by atoms with Crippen molar-refractivity contribution in [1.82, 2.24) is 42.5 Å². The largest absolute Gasteiger partial charge is 0.481 e. The van der Waals surface area contributed by atoms with Crippen molar-refractivity contribution in [2.45, 2.75) is 153 Å². The first-order valence-electron chi connectivity index (χ1n) is 27.3. The van der Waals surface area contributed by atoms with Crippen LogP contribution in [0, 0.1) is 18.8 Å². The monoisotopic (exact) mass is 1180 g/mol. The number of ether oxygens (including phenoxy) is 2. The molecule has 0 aromatic heterocycles. The normalized spacial score (nSPS) is 15.5. The maximum atomic E-state index is 13.6. The Labute approximate surface area is 478 Å². The summed E-state index contributed by atoms with van der Waals surface area (Å²) in [5.74, 6) is -13.9. The van der Waals surface area contributed by atoms with Gasteiger partial charge in [0.1, 0.15) is 36.8 Å². The van der Waals surface area contributed by atoms with E-state index in [9.17, 15) is 87.5 Å². The molecule has 1 fully saturated rings. The van der Waals surface area contributed by atoms with Gasteiger partial charge in [-0.3, -0.25) is 62.3 Å². The Morgan fingerprint density at radius 3 is 1.58 bits per heavy atom. The molecule has 1 saturated carbocycles. The molecule has 0 radical (unpaired) electrons. The van der Waals surface area contributed by atoms with Gasteiger partial charge in [-0.2, -0.15) is 0 Å². The highest BCUT2D eigenvalue weighted by atomic mass is 16.5. The number of rotatable bonds is 43. The minimum absolute atomic E-state index is 0.0345. The van der Waals surface area contributed by atoms with Crippen molar-refractivity contribution in [2.24, 2.45) is 17.6 Å². The summed E-state index contributed by atoms with van der Waals surface area (Å²) in [5.41, 5.74) is 6.97. The van der Waals surface area contributed by atoms with Gasteiger partial charge in [-0.05, 0) is 102 Å². The van der Waals surface area contributed by atoms with Crippen molar-refractivity contribution < 1.29 is 102 Å². The lowest BCUT2D eigenvalue weighted by molar-refractivity contribution is -0.143. The van der Waals surface area contributed by atoms with Gasteiger partial charge in [-0.25, -0.2) is 4.79 Å². The SMILES string of the molecule is Cc1ccc(C(=O)NCCCC[C@H](NC(=O)COCCOCCNC(=O)[C@H](CCC(=O)O)NC(=O)[C@H](CCC(=O)O)NC(=O)[C@H](CCC(=O)O)NC(=O)CC[C@H](NC(=O)C2CCC(CNC(=O)CCCC(=O)O)CC2)C(=O)O)C(N)=O)cc1. The molecule has 83 heavy (non-hydrogen) atoms. The molecule has 0 bridgehead atoms. The van der Waals surface area contributed by atoms with Crippen molar-refractivity contribution in [1.29, 1.82) is 0 Å². The molecule has 0 unspecified atom stereocenters. The highest BCUT2D eigenvalue weighted by Gasteiger charge is 2.33. The molecule has 1 aromatic rings. The Balaban J connectivity index is 1.90. The summed E-state index contributed by atoms with van der Waals surface area (Å²) in [6.07, 6.45) is -1.71. The first-order valence-corrected chi connectivity index (χ1v) is 27.3. The molecule has 30 heteroatoms. The second-order valence-corrected chi connectivity index (χ2v) is 19.8. The average Bonchev–Trinajstić information content (AvgIpc) is 3.49. The van der Waals surface area contributed by atoms with Gasteiger partial charge in [0.15, 0.2) is 0 Å². The fourth-order valence-corrected chi connectivity index (χ4v) is 8.38. The Morgan fingerprint density at radius 2 is 1.02 bits per heavy atom. The molecule has 462 valence electrons. The van der Waals surface area contributed by atoms with Crippen LogP contribution in [0.25, 0.3) is 0 Å². The van der Waals surface area contributed by atoms with Crippen LogP contribution in [0.2, 0.25) is 0 Å². The fourth-order valence-electron chi connectivity index (χ4n) is 8.38. The number of benzene rings is 1. The molecular formula is C53H79N9O21. The number of nitrogens with one attached hydrogen (secondary N) is 8. The molecule has 0 spiro atoms. The van der Waals surface area contributed by atoms with Crippen LogP contribution in [0.5, 0.6) is 0 Å². The lowest BCUT2D eigenvalue weighted by Gasteiger charge is -2.29. The molecule has 1 aromatic carbocycles. The predicted octanol–water partition coefficient (Wildman–Crippen LogP) is -1.41. The lowest BCUT2D eigenvalue weighted by atomic mass is 9.81. The summed E-state index contributed by atoms with van der Waals surface area (Å²) >= 11 is 0. The number of carboxylic acids is 5. The van der Waals surface area contributed by atoms with Crippen LogP contribution in [-0.4, -0.2) is 185 Å². The zero-order valence-corrected chi connectivity index (χ0v) is 46.4. The third kappa shape index (κ3) is 31.5. The van der Waals surface area contributed by atoms with Crippen LogP contribution in [0.3, 0.4) is 0 Å². The van der Waals surface area contributed by atoms with E-state index in [0.29, 0.717) is 57.2 Å². The van der Waals surface area contributed by atoms with E-state index >= 15 is 0 Å². The van der Waals surface area contributed by atoms with E-state index in [1.165, 1.54) is 0 Å². The number of amides is 9. The molecule has 0 aliphatic heterocycles. The number of nitrogens with two attached hydrogens (primary N) is 1. The molecule has 0 heterocycles. The number of unbranched alkanes of at least 4 members (excludes halogenated alkanes) is 1. The van der Waals surface area contributed by atoms with E-state index in [4.69, 9.17) is 20.3 Å². The Kier molecular flexibility index (Phi) is 33.5. The van der Waals surface area contributed by atoms with Gasteiger partial charge in [0, 0.05) is 69.6 Å². The van der Waals surface area contributed by atoms with Gasteiger partial charge in [0.05, 0.1) is 19.8 Å². The Bertz CT molecular complexity index is 2380. The molecule has 30 nitrogen and oxygen atoms in total. The second kappa shape index (κ2) is 39.2. The number of carbonyl (C=O) groups excluding carboxylic acids is 9. The van der Waals surface area contributed by atoms with Crippen LogP contribution in [0.15, 0.2) is 24.3 Å². The third-order valence-corrected chi connectivity index (χ3v) is 13.1. The van der Waals surface area contributed by atoms with Crippen LogP contribution >= 0.6 is 0 Å². The van der Waals surface area contributed by atoms with Crippen LogP contribution in [0.4, 0.5) is 0 Å². The van der Waals surface area contributed by atoms with Crippen LogP contribution < -0.4 is 48.3 Å². The van der Waals surface area contributed by atoms with E-state index in [0.717, 1.165) is 5.56 Å². The second-order valence-electron chi connectivity index (χ2n) is 19.8. The topological polar surface area (TPSA) is 481 Å². The van der Waals surface area contributed by atoms with Gasteiger partial charge >= 0.3 is 29.8 Å². The number of aliphatic carboxylic acids is 5. The number of aryl methyl sites for hydroxylation is 1. The number of hydrogen-bond acceptors (Lipinski definition) is 16. The highest BCUT2D eigenvalue weighted by molar-refractivity contribution is 5.96. The standard InChI is InChI=1S/C53H79N9O21/c1-31-8-12-33(13-9-31)48(75)55-24-3-2-5-35(47(54)74)58-42(65)30-83-28-27-82-26-25-56-50(77)36(17-21-44(68)69)60-52(79)38(19-23-46(72)73)61-51(78)37(18-22-45(70)71)59-41(64)20-16-39(53(80)81)62-49(76)34-14-10-32(11-15-34)29-57-40(63)6-4-7-43(66)67/h8-9,12-13,32,34-39H,2-7,10-11,14-30H2,1H3,(H2,54,74)(H,55,75)(H,56,77)(H,57,63)(H,58,65)(H,59,64)(H,60,79)(H,61,78)(H,62,76)(H,66,67)(H,68,69)(H,70,71)(H,72,73)(H,80,81)/t32?,34?,35-,36-,37-,38-,39-/m0/s1. The van der Waals surface area contributed by atoms with Crippen molar-refractivity contribution >= 4 is 83.0 Å². The zero-order chi connectivity index (χ0) is 61.9. The lowest BCUT2D eigenvalue weighted by Crippen LogP contribution is -2.57. The van der Waals surface area contributed by atoms with Gasteiger partial charge < -0.3 is 83.3 Å². The van der Waals surface area contributed by atoms with Crippen LogP contribution in [-0.2, 0) is 71.8 Å². The smallest absolute Gasteiger partial charge is 0.326 e. The first kappa shape index (κ1) is 70.8. The maximum Gasteiger partial charge on any atom is 0.326 e. The molecule has 9 amide bonds. The minimum Gasteiger partial charge on any atom is -0.481 e. The first-order chi connectivity index (χ1) is 39.3. The number of hydrogen-bond donors (Lipinski definition) is 14. The minimum atomic E-state index is -1.75. The predicted molar refractivity (Wildman–Crippen MR) is 288 cm³/mol. The van der Waals surface area contributed by atoms with E-state index in [2.05, 4.69) is 42.5 Å². The highest BCUT2D eigenvalue weighted by Crippen LogP contribution is 2.29.